The Kier molecular flexibility index (Phi) is 6.14. The Labute approximate surface area is 101 Å². The van der Waals surface area contributed by atoms with Crippen LogP contribution >= 0.6 is 12.4 Å². The predicted octanol–water partition coefficient (Wildman–Crippen LogP) is 2.67. The van der Waals surface area contributed by atoms with Gasteiger partial charge >= 0.3 is 0 Å². The maximum atomic E-state index is 13.6. The quantitative estimate of drug-likeness (QED) is 0.892. The molecular formula is C11H17ClFNO2. The highest BCUT2D eigenvalue weighted by atomic mass is 35.5. The SMILES string of the molecule is CC[C@H](N)c1cc(OC)c(OC)cc1F.Cl. The van der Waals surface area contributed by atoms with Gasteiger partial charge in [0.2, 0.25) is 0 Å². The summed E-state index contributed by atoms with van der Waals surface area (Å²) in [6.45, 7) is 1.90. The number of hydrogen-bond acceptors (Lipinski definition) is 3. The maximum absolute atomic E-state index is 13.6. The Bertz CT molecular complexity index is 347. The Balaban J connectivity index is 0.00000225. The molecule has 5 heteroatoms. The maximum Gasteiger partial charge on any atom is 0.163 e. The number of ether oxygens (including phenoxy) is 2. The molecular weight excluding hydrogens is 233 g/mol. The number of nitrogens with two attached hydrogens (primary N) is 1. The number of benzene rings is 1. The van der Waals surface area contributed by atoms with E-state index >= 15 is 0 Å². The van der Waals surface area contributed by atoms with E-state index in [2.05, 4.69) is 0 Å². The van der Waals surface area contributed by atoms with Crippen LogP contribution in [-0.4, -0.2) is 14.2 Å². The Morgan fingerprint density at radius 1 is 1.25 bits per heavy atom. The van der Waals surface area contributed by atoms with Crippen LogP contribution in [0.1, 0.15) is 24.9 Å². The van der Waals surface area contributed by atoms with E-state index in [1.54, 1.807) is 6.07 Å². The second-order valence-electron chi connectivity index (χ2n) is 3.24. The summed E-state index contributed by atoms with van der Waals surface area (Å²) < 4.78 is 23.6. The van der Waals surface area contributed by atoms with E-state index in [9.17, 15) is 4.39 Å². The molecule has 0 saturated heterocycles. The van der Waals surface area contributed by atoms with Gasteiger partial charge in [0.05, 0.1) is 14.2 Å². The molecule has 1 aromatic carbocycles. The molecule has 1 aromatic rings. The van der Waals surface area contributed by atoms with Gasteiger partial charge in [0.25, 0.3) is 0 Å². The van der Waals surface area contributed by atoms with Crippen molar-refractivity contribution in [3.63, 3.8) is 0 Å². The fraction of sp³-hybridized carbons (Fsp3) is 0.455. The molecule has 0 aliphatic rings. The van der Waals surface area contributed by atoms with Crippen molar-refractivity contribution in [2.75, 3.05) is 14.2 Å². The summed E-state index contributed by atoms with van der Waals surface area (Å²) in [4.78, 5) is 0. The van der Waals surface area contributed by atoms with Crippen LogP contribution in [0.3, 0.4) is 0 Å². The molecule has 0 saturated carbocycles. The van der Waals surface area contributed by atoms with E-state index in [4.69, 9.17) is 15.2 Å². The van der Waals surface area contributed by atoms with E-state index in [1.165, 1.54) is 20.3 Å². The third-order valence-electron chi connectivity index (χ3n) is 2.34. The van der Waals surface area contributed by atoms with Crippen LogP contribution in [0.15, 0.2) is 12.1 Å². The molecule has 0 bridgehead atoms. The van der Waals surface area contributed by atoms with Crippen molar-refractivity contribution in [3.05, 3.63) is 23.5 Å². The first-order chi connectivity index (χ1) is 7.13. The number of rotatable bonds is 4. The standard InChI is InChI=1S/C11H16FNO2.ClH/c1-4-9(13)7-5-10(14-2)11(15-3)6-8(7)12;/h5-6,9H,4,13H2,1-3H3;1H/t9-;/m0./s1. The number of hydrogen-bond donors (Lipinski definition) is 1. The van der Waals surface area contributed by atoms with Gasteiger partial charge in [0.15, 0.2) is 11.5 Å². The van der Waals surface area contributed by atoms with Crippen LogP contribution in [0.2, 0.25) is 0 Å². The van der Waals surface area contributed by atoms with Crippen LogP contribution in [0.4, 0.5) is 4.39 Å². The Morgan fingerprint density at radius 3 is 2.19 bits per heavy atom. The van der Waals surface area contributed by atoms with Gasteiger partial charge in [-0.05, 0) is 12.5 Å². The third-order valence-corrected chi connectivity index (χ3v) is 2.34. The highest BCUT2D eigenvalue weighted by molar-refractivity contribution is 5.85. The Morgan fingerprint density at radius 2 is 1.75 bits per heavy atom. The Hall–Kier alpha value is -1.00. The van der Waals surface area contributed by atoms with Gasteiger partial charge in [0, 0.05) is 17.7 Å². The second kappa shape index (κ2) is 6.55. The minimum atomic E-state index is -0.359. The lowest BCUT2D eigenvalue weighted by atomic mass is 10.0. The molecule has 0 radical (unpaired) electrons. The predicted molar refractivity (Wildman–Crippen MR) is 64.0 cm³/mol. The van der Waals surface area contributed by atoms with Crippen LogP contribution in [-0.2, 0) is 0 Å². The molecule has 0 aromatic heterocycles. The summed E-state index contributed by atoms with van der Waals surface area (Å²) in [5.41, 5.74) is 6.23. The molecule has 1 atom stereocenters. The van der Waals surface area contributed by atoms with Crippen molar-refractivity contribution in [1.82, 2.24) is 0 Å². The molecule has 0 unspecified atom stereocenters. The topological polar surface area (TPSA) is 44.5 Å². The lowest BCUT2D eigenvalue weighted by molar-refractivity contribution is 0.351. The molecule has 0 aliphatic carbocycles. The average Bonchev–Trinajstić information content (AvgIpc) is 2.27. The largest absolute Gasteiger partial charge is 0.493 e. The van der Waals surface area contributed by atoms with Gasteiger partial charge in [-0.15, -0.1) is 12.4 Å². The third kappa shape index (κ3) is 3.00. The van der Waals surface area contributed by atoms with Gasteiger partial charge in [-0.25, -0.2) is 4.39 Å². The van der Waals surface area contributed by atoms with Crippen molar-refractivity contribution in [2.45, 2.75) is 19.4 Å². The normalized spacial score (nSPS) is 11.6. The van der Waals surface area contributed by atoms with E-state index in [0.717, 1.165) is 0 Å². The molecule has 2 N–H and O–H groups in total. The van der Waals surface area contributed by atoms with Gasteiger partial charge in [-0.1, -0.05) is 6.92 Å². The molecule has 0 spiro atoms. The van der Waals surface area contributed by atoms with Crippen LogP contribution in [0.5, 0.6) is 11.5 Å². The zero-order valence-corrected chi connectivity index (χ0v) is 10.4. The first kappa shape index (κ1) is 15.0. The molecule has 0 heterocycles. The summed E-state index contributed by atoms with van der Waals surface area (Å²) in [5.74, 6) is 0.516. The molecule has 0 amide bonds. The molecule has 3 nitrogen and oxygen atoms in total. The fourth-order valence-corrected chi connectivity index (χ4v) is 1.37. The van der Waals surface area contributed by atoms with E-state index in [1.807, 2.05) is 6.92 Å². The monoisotopic (exact) mass is 249 g/mol. The molecule has 0 fully saturated rings. The average molecular weight is 250 g/mol. The van der Waals surface area contributed by atoms with E-state index in [0.29, 0.717) is 23.5 Å². The highest BCUT2D eigenvalue weighted by Gasteiger charge is 2.14. The van der Waals surface area contributed by atoms with E-state index in [-0.39, 0.29) is 24.3 Å². The smallest absolute Gasteiger partial charge is 0.163 e. The van der Waals surface area contributed by atoms with Gasteiger partial charge in [-0.2, -0.15) is 0 Å². The molecule has 1 rings (SSSR count). The summed E-state index contributed by atoms with van der Waals surface area (Å²) in [7, 11) is 2.98. The fourth-order valence-electron chi connectivity index (χ4n) is 1.37. The zero-order valence-electron chi connectivity index (χ0n) is 9.62. The molecule has 92 valence electrons. The lowest BCUT2D eigenvalue weighted by Crippen LogP contribution is -2.11. The van der Waals surface area contributed by atoms with Gasteiger partial charge in [0.1, 0.15) is 5.82 Å². The second-order valence-corrected chi connectivity index (χ2v) is 3.24. The number of halogens is 2. The molecule has 0 aliphatic heterocycles. The van der Waals surface area contributed by atoms with Crippen LogP contribution in [0.25, 0.3) is 0 Å². The van der Waals surface area contributed by atoms with Crippen LogP contribution in [0, 0.1) is 5.82 Å². The zero-order chi connectivity index (χ0) is 11.4. The van der Waals surface area contributed by atoms with E-state index < -0.39 is 0 Å². The van der Waals surface area contributed by atoms with Crippen molar-refractivity contribution in [3.8, 4) is 11.5 Å². The number of methoxy groups -OCH3 is 2. The van der Waals surface area contributed by atoms with Crippen molar-refractivity contribution in [2.24, 2.45) is 5.73 Å². The molecule has 16 heavy (non-hydrogen) atoms. The van der Waals surface area contributed by atoms with Crippen molar-refractivity contribution < 1.29 is 13.9 Å². The summed E-state index contributed by atoms with van der Waals surface area (Å²) >= 11 is 0. The van der Waals surface area contributed by atoms with Gasteiger partial charge in [-0.3, -0.25) is 0 Å². The summed E-state index contributed by atoms with van der Waals surface area (Å²) in [5, 5.41) is 0. The first-order valence-corrected chi connectivity index (χ1v) is 4.81. The van der Waals surface area contributed by atoms with Gasteiger partial charge < -0.3 is 15.2 Å². The lowest BCUT2D eigenvalue weighted by Gasteiger charge is -2.14. The van der Waals surface area contributed by atoms with Crippen molar-refractivity contribution >= 4 is 12.4 Å². The van der Waals surface area contributed by atoms with Crippen molar-refractivity contribution in [1.29, 1.82) is 0 Å². The summed E-state index contributed by atoms with van der Waals surface area (Å²) in [6, 6.07) is 2.57. The highest BCUT2D eigenvalue weighted by Crippen LogP contribution is 2.32. The minimum absolute atomic E-state index is 0. The van der Waals surface area contributed by atoms with Crippen LogP contribution < -0.4 is 15.2 Å². The minimum Gasteiger partial charge on any atom is -0.493 e. The first-order valence-electron chi connectivity index (χ1n) is 4.81. The summed E-state index contributed by atoms with van der Waals surface area (Å²) in [6.07, 6.45) is 0.673.